The first-order valence-corrected chi connectivity index (χ1v) is 11.8. The number of amides is 1. The lowest BCUT2D eigenvalue weighted by atomic mass is 10.1. The molecular formula is C25H27N7O3. The summed E-state index contributed by atoms with van der Waals surface area (Å²) >= 11 is 0. The molecule has 1 amide bonds. The van der Waals surface area contributed by atoms with E-state index in [1.807, 2.05) is 38.2 Å². The molecular weight excluding hydrogens is 446 g/mol. The molecule has 1 aromatic carbocycles. The summed E-state index contributed by atoms with van der Waals surface area (Å²) in [6.07, 6.45) is 1.73. The Bertz CT molecular complexity index is 1410. The van der Waals surface area contributed by atoms with Crippen LogP contribution in [-0.4, -0.2) is 74.6 Å². The maximum Gasteiger partial charge on any atom is 0.258 e. The van der Waals surface area contributed by atoms with Gasteiger partial charge in [0, 0.05) is 37.9 Å². The van der Waals surface area contributed by atoms with Crippen molar-refractivity contribution in [3.63, 3.8) is 0 Å². The van der Waals surface area contributed by atoms with Crippen LogP contribution in [-0.2, 0) is 11.8 Å². The summed E-state index contributed by atoms with van der Waals surface area (Å²) in [5.41, 5.74) is 4.41. The van der Waals surface area contributed by atoms with E-state index < -0.39 is 0 Å². The number of rotatable bonds is 0. The number of carbonyl (C=O) groups is 1. The first-order chi connectivity index (χ1) is 17.1. The lowest BCUT2D eigenvalue weighted by Gasteiger charge is -2.25. The number of hydrogen-bond donors (Lipinski definition) is 1. The molecule has 2 atom stereocenters. The Morgan fingerprint density at radius 3 is 2.89 bits per heavy atom. The van der Waals surface area contributed by atoms with E-state index in [1.54, 1.807) is 23.0 Å². The van der Waals surface area contributed by atoms with E-state index in [9.17, 15) is 4.79 Å². The molecule has 0 radical (unpaired) electrons. The number of pyridine rings is 1. The maximum absolute atomic E-state index is 13.5. The van der Waals surface area contributed by atoms with Gasteiger partial charge in [-0.1, -0.05) is 12.1 Å². The largest absolute Gasteiger partial charge is 0.476 e. The third-order valence-corrected chi connectivity index (χ3v) is 6.54. The molecule has 1 fully saturated rings. The van der Waals surface area contributed by atoms with Crippen molar-refractivity contribution in [1.29, 1.82) is 0 Å². The lowest BCUT2D eigenvalue weighted by molar-refractivity contribution is 0.102. The molecule has 10 heteroatoms. The zero-order valence-corrected chi connectivity index (χ0v) is 19.8. The van der Waals surface area contributed by atoms with E-state index in [4.69, 9.17) is 14.5 Å². The van der Waals surface area contributed by atoms with E-state index in [-0.39, 0.29) is 11.9 Å². The van der Waals surface area contributed by atoms with Crippen molar-refractivity contribution in [2.45, 2.75) is 13.0 Å². The number of ether oxygens (including phenoxy) is 2. The predicted molar refractivity (Wildman–Crippen MR) is 131 cm³/mol. The average Bonchev–Trinajstić information content (AvgIpc) is 3.30. The number of benzene rings is 1. The smallest absolute Gasteiger partial charge is 0.258 e. The predicted octanol–water partition coefficient (Wildman–Crippen LogP) is 2.66. The van der Waals surface area contributed by atoms with Crippen molar-refractivity contribution >= 4 is 22.9 Å². The molecule has 10 nitrogen and oxygen atoms in total. The Morgan fingerprint density at radius 1 is 1.11 bits per heavy atom. The second-order valence-corrected chi connectivity index (χ2v) is 9.00. The molecule has 1 saturated heterocycles. The Balaban J connectivity index is 1.50. The average molecular weight is 474 g/mol. The molecule has 0 aliphatic carbocycles. The van der Waals surface area contributed by atoms with E-state index >= 15 is 0 Å². The van der Waals surface area contributed by atoms with Gasteiger partial charge in [-0.15, -0.1) is 0 Å². The van der Waals surface area contributed by atoms with Gasteiger partial charge in [-0.2, -0.15) is 5.10 Å². The molecule has 0 spiro atoms. The highest BCUT2D eigenvalue weighted by Crippen LogP contribution is 2.31. The van der Waals surface area contributed by atoms with Gasteiger partial charge in [-0.05, 0) is 31.2 Å². The zero-order valence-electron chi connectivity index (χ0n) is 19.8. The molecule has 2 aliphatic heterocycles. The molecule has 180 valence electrons. The molecule has 3 aromatic heterocycles. The van der Waals surface area contributed by atoms with Crippen LogP contribution in [0.4, 0.5) is 5.95 Å². The third kappa shape index (κ3) is 4.04. The van der Waals surface area contributed by atoms with Gasteiger partial charge >= 0.3 is 0 Å². The van der Waals surface area contributed by atoms with Crippen LogP contribution in [0.1, 0.15) is 22.1 Å². The van der Waals surface area contributed by atoms with Gasteiger partial charge in [0.15, 0.2) is 0 Å². The van der Waals surface area contributed by atoms with Crippen molar-refractivity contribution in [3.8, 4) is 17.1 Å². The van der Waals surface area contributed by atoms with E-state index in [0.29, 0.717) is 42.9 Å². The minimum atomic E-state index is -0.249. The number of para-hydroxylation sites is 2. The fraction of sp³-hybridized carbons (Fsp3) is 0.360. The van der Waals surface area contributed by atoms with Crippen molar-refractivity contribution in [3.05, 3.63) is 53.9 Å². The third-order valence-electron chi connectivity index (χ3n) is 6.54. The number of carbonyl (C=O) groups excluding carboxylic acids is 1. The summed E-state index contributed by atoms with van der Waals surface area (Å²) in [5, 5.41) is 7.45. The molecule has 2 aliphatic rings. The van der Waals surface area contributed by atoms with Crippen LogP contribution >= 0.6 is 0 Å². The van der Waals surface area contributed by atoms with Gasteiger partial charge in [0.2, 0.25) is 11.8 Å². The normalized spacial score (nSPS) is 20.6. The number of fused-ring (bicyclic) bond motifs is 10. The van der Waals surface area contributed by atoms with E-state index in [2.05, 4.69) is 24.9 Å². The molecule has 2 unspecified atom stereocenters. The number of nitrogens with zero attached hydrogens (tertiary/aromatic N) is 6. The van der Waals surface area contributed by atoms with Crippen LogP contribution in [0.3, 0.4) is 0 Å². The number of anilines is 1. The Hall–Kier alpha value is -3.76. The summed E-state index contributed by atoms with van der Waals surface area (Å²) in [7, 11) is 1.84. The summed E-state index contributed by atoms with van der Waals surface area (Å²) in [6, 6.07) is 11.5. The van der Waals surface area contributed by atoms with Crippen LogP contribution in [0.15, 0.2) is 42.6 Å². The summed E-state index contributed by atoms with van der Waals surface area (Å²) < 4.78 is 16.0. The van der Waals surface area contributed by atoms with Crippen LogP contribution in [0.25, 0.3) is 22.3 Å². The Morgan fingerprint density at radius 2 is 1.97 bits per heavy atom. The highest BCUT2D eigenvalue weighted by Gasteiger charge is 2.26. The molecule has 1 N–H and O–H groups in total. The second-order valence-electron chi connectivity index (χ2n) is 9.00. The quantitative estimate of drug-likeness (QED) is 0.419. The first kappa shape index (κ1) is 21.8. The highest BCUT2D eigenvalue weighted by atomic mass is 16.5. The number of imidazole rings is 1. The number of nitrogens with one attached hydrogen (secondary N) is 1. The van der Waals surface area contributed by atoms with Crippen molar-refractivity contribution < 1.29 is 14.3 Å². The molecule has 4 aromatic rings. The van der Waals surface area contributed by atoms with Gasteiger partial charge in [-0.25, -0.2) is 9.67 Å². The minimum Gasteiger partial charge on any atom is -0.476 e. The van der Waals surface area contributed by atoms with Gasteiger partial charge < -0.3 is 14.0 Å². The van der Waals surface area contributed by atoms with Crippen LogP contribution in [0, 0.1) is 6.92 Å². The minimum absolute atomic E-state index is 0.0210. The van der Waals surface area contributed by atoms with Gasteiger partial charge in [0.25, 0.3) is 5.91 Å². The van der Waals surface area contributed by atoms with Crippen LogP contribution in [0.2, 0.25) is 0 Å². The fourth-order valence-electron chi connectivity index (χ4n) is 4.87. The van der Waals surface area contributed by atoms with Gasteiger partial charge in [0.05, 0.1) is 47.7 Å². The molecule has 6 rings (SSSR count). The second kappa shape index (κ2) is 8.79. The van der Waals surface area contributed by atoms with Crippen molar-refractivity contribution in [2.24, 2.45) is 7.05 Å². The van der Waals surface area contributed by atoms with Gasteiger partial charge in [-0.3, -0.25) is 20.0 Å². The van der Waals surface area contributed by atoms with Crippen LogP contribution < -0.4 is 10.1 Å². The zero-order chi connectivity index (χ0) is 23.9. The topological polar surface area (TPSA) is 99.3 Å². The van der Waals surface area contributed by atoms with Crippen LogP contribution in [0.5, 0.6) is 5.88 Å². The summed E-state index contributed by atoms with van der Waals surface area (Å²) in [5.74, 6) is 0.891. The maximum atomic E-state index is 13.5. The number of hydrogen-bond acceptors (Lipinski definition) is 7. The van der Waals surface area contributed by atoms with Crippen molar-refractivity contribution in [2.75, 3.05) is 44.8 Å². The SMILES string of the molecule is Cc1cc2cc(n1)-c1cnn(C)c1OCCN1CCOCC(C1)n1c(nc3ccccc31)NC2=O. The van der Waals surface area contributed by atoms with Gasteiger partial charge in [0.1, 0.15) is 6.61 Å². The monoisotopic (exact) mass is 473 g/mol. The summed E-state index contributed by atoms with van der Waals surface area (Å²) in [4.78, 5) is 25.2. The van der Waals surface area contributed by atoms with E-state index in [1.165, 1.54) is 0 Å². The Kier molecular flexibility index (Phi) is 5.46. The van der Waals surface area contributed by atoms with E-state index in [0.717, 1.165) is 41.9 Å². The molecule has 35 heavy (non-hydrogen) atoms. The standard InChI is InChI=1S/C25H27N7O3/c1-16-11-17-12-21(27-16)19-13-26-30(2)24(19)35-10-8-31-7-9-34-15-18(14-31)32-22-6-4-3-5-20(22)28-25(32)29-23(17)33/h3-6,11-13,18H,7-10,14-15H2,1-2H3,(H,28,29,33). The molecule has 5 heterocycles. The summed E-state index contributed by atoms with van der Waals surface area (Å²) in [6.45, 7) is 5.81. The molecule has 4 bridgehead atoms. The fourth-order valence-corrected chi connectivity index (χ4v) is 4.87. The first-order valence-electron chi connectivity index (χ1n) is 11.8. The number of aryl methyl sites for hydroxylation is 2. The highest BCUT2D eigenvalue weighted by molar-refractivity contribution is 6.04. The lowest BCUT2D eigenvalue weighted by Crippen LogP contribution is -2.35. The number of aromatic nitrogens is 5. The molecule has 0 saturated carbocycles. The van der Waals surface area contributed by atoms with Crippen molar-refractivity contribution in [1.82, 2.24) is 29.2 Å². The Labute approximate surface area is 202 Å².